The number of rotatable bonds is 8. The third kappa shape index (κ3) is 6.01. The van der Waals surface area contributed by atoms with Gasteiger partial charge in [0.2, 0.25) is 0 Å². The number of benzene rings is 1. The highest BCUT2D eigenvalue weighted by Crippen LogP contribution is 2.39. The van der Waals surface area contributed by atoms with Crippen LogP contribution < -0.4 is 5.32 Å². The zero-order chi connectivity index (χ0) is 27.3. The molecule has 38 heavy (non-hydrogen) atoms. The van der Waals surface area contributed by atoms with Crippen molar-refractivity contribution in [2.45, 2.75) is 57.0 Å². The average molecular weight is 536 g/mol. The predicted octanol–water partition coefficient (Wildman–Crippen LogP) is 4.59. The molecule has 11 heteroatoms. The van der Waals surface area contributed by atoms with Gasteiger partial charge < -0.3 is 15.2 Å². The molecule has 3 aromatic rings. The summed E-state index contributed by atoms with van der Waals surface area (Å²) in [5.41, 5.74) is 2.09. The lowest BCUT2D eigenvalue weighted by molar-refractivity contribution is -0.153. The highest BCUT2D eigenvalue weighted by Gasteiger charge is 2.39. The van der Waals surface area contributed by atoms with Crippen LogP contribution in [0.25, 0.3) is 5.69 Å². The molecule has 1 aliphatic rings. The van der Waals surface area contributed by atoms with Crippen LogP contribution in [0.5, 0.6) is 0 Å². The minimum absolute atomic E-state index is 0.175. The lowest BCUT2D eigenvalue weighted by Crippen LogP contribution is -2.35. The van der Waals surface area contributed by atoms with Crippen LogP contribution >= 0.6 is 11.6 Å². The molecule has 0 radical (unpaired) electrons. The second-order valence-corrected chi connectivity index (χ2v) is 9.63. The van der Waals surface area contributed by atoms with Gasteiger partial charge in [-0.3, -0.25) is 19.4 Å². The molecule has 2 N–H and O–H groups in total. The van der Waals surface area contributed by atoms with E-state index >= 15 is 0 Å². The molecule has 0 bridgehead atoms. The number of esters is 1. The fraction of sp³-hybridized carbons (Fsp3) is 0.333. The van der Waals surface area contributed by atoms with Crippen LogP contribution in [-0.2, 0) is 19.7 Å². The van der Waals surface area contributed by atoms with E-state index in [1.54, 1.807) is 35.9 Å². The molecular weight excluding hydrogens is 510 g/mol. The van der Waals surface area contributed by atoms with Crippen LogP contribution in [0.15, 0.2) is 48.8 Å². The van der Waals surface area contributed by atoms with E-state index in [1.807, 2.05) is 12.1 Å². The Morgan fingerprint density at radius 2 is 1.87 bits per heavy atom. The van der Waals surface area contributed by atoms with Crippen molar-refractivity contribution in [2.75, 3.05) is 5.32 Å². The molecule has 2 aromatic heterocycles. The van der Waals surface area contributed by atoms with Crippen molar-refractivity contribution in [3.8, 4) is 11.8 Å². The quantitative estimate of drug-likeness (QED) is 0.398. The maximum absolute atomic E-state index is 12.9. The van der Waals surface area contributed by atoms with Crippen LogP contribution in [0.4, 0.5) is 5.69 Å². The van der Waals surface area contributed by atoms with Crippen molar-refractivity contribution < 1.29 is 24.2 Å². The lowest BCUT2D eigenvalue weighted by atomic mass is 9.72. The summed E-state index contributed by atoms with van der Waals surface area (Å²) in [6, 6.07) is 12.9. The number of nitrogens with one attached hydrogen (secondary N) is 1. The van der Waals surface area contributed by atoms with Crippen molar-refractivity contribution in [1.82, 2.24) is 14.8 Å². The van der Waals surface area contributed by atoms with Crippen molar-refractivity contribution in [2.24, 2.45) is 0 Å². The van der Waals surface area contributed by atoms with E-state index in [2.05, 4.69) is 21.5 Å². The molecule has 1 amide bonds. The molecule has 0 aliphatic heterocycles. The summed E-state index contributed by atoms with van der Waals surface area (Å²) in [6.07, 6.45) is 4.06. The molecule has 0 saturated heterocycles. The number of nitriles is 1. The summed E-state index contributed by atoms with van der Waals surface area (Å²) in [5, 5.41) is 26.4. The van der Waals surface area contributed by atoms with Gasteiger partial charge in [-0.2, -0.15) is 10.4 Å². The summed E-state index contributed by atoms with van der Waals surface area (Å²) in [4.78, 5) is 39.8. The largest absolute Gasteiger partial charge is 0.481 e. The third-order valence-corrected chi connectivity index (χ3v) is 6.93. The van der Waals surface area contributed by atoms with E-state index in [0.717, 1.165) is 5.69 Å². The highest BCUT2D eigenvalue weighted by atomic mass is 35.5. The molecule has 4 rings (SSSR count). The number of carbonyl (C=O) groups is 3. The Morgan fingerprint density at radius 1 is 1.16 bits per heavy atom. The molecule has 2 heterocycles. The minimum Gasteiger partial charge on any atom is -0.481 e. The van der Waals surface area contributed by atoms with Gasteiger partial charge in [0.05, 0.1) is 65.0 Å². The molecule has 1 fully saturated rings. The van der Waals surface area contributed by atoms with E-state index in [1.165, 1.54) is 12.4 Å². The maximum atomic E-state index is 12.9. The van der Waals surface area contributed by atoms with Crippen molar-refractivity contribution in [3.63, 3.8) is 0 Å². The number of carboxylic acids is 1. The van der Waals surface area contributed by atoms with Crippen molar-refractivity contribution in [3.05, 3.63) is 70.8 Å². The van der Waals surface area contributed by atoms with E-state index < -0.39 is 17.4 Å². The van der Waals surface area contributed by atoms with E-state index in [-0.39, 0.29) is 24.9 Å². The normalized spacial score (nSPS) is 18.8. The first-order valence-electron chi connectivity index (χ1n) is 12.1. The average Bonchev–Trinajstić information content (AvgIpc) is 3.30. The zero-order valence-electron chi connectivity index (χ0n) is 20.7. The lowest BCUT2D eigenvalue weighted by Gasteiger charge is -2.34. The van der Waals surface area contributed by atoms with Crippen LogP contribution in [0, 0.1) is 18.3 Å². The summed E-state index contributed by atoms with van der Waals surface area (Å²) in [7, 11) is 0. The number of anilines is 1. The Morgan fingerprint density at radius 3 is 2.47 bits per heavy atom. The van der Waals surface area contributed by atoms with Crippen molar-refractivity contribution in [1.29, 1.82) is 5.26 Å². The number of hydrogen-bond donors (Lipinski definition) is 2. The molecule has 10 nitrogen and oxygen atoms in total. The van der Waals surface area contributed by atoms with Gasteiger partial charge in [0.25, 0.3) is 5.91 Å². The second kappa shape index (κ2) is 11.4. The number of aromatic nitrogens is 3. The Hall–Kier alpha value is -4.23. The van der Waals surface area contributed by atoms with Gasteiger partial charge in [0, 0.05) is 5.02 Å². The van der Waals surface area contributed by atoms with E-state index in [4.69, 9.17) is 21.4 Å². The molecule has 1 saturated carbocycles. The highest BCUT2D eigenvalue weighted by molar-refractivity contribution is 6.30. The second-order valence-electron chi connectivity index (χ2n) is 9.19. The van der Waals surface area contributed by atoms with Gasteiger partial charge in [-0.15, -0.1) is 0 Å². The first-order valence-corrected chi connectivity index (χ1v) is 12.5. The molecular formula is C27H26ClN5O5. The maximum Gasteiger partial charge on any atom is 0.306 e. The number of amides is 1. The summed E-state index contributed by atoms with van der Waals surface area (Å²) >= 11 is 5.96. The smallest absolute Gasteiger partial charge is 0.306 e. The van der Waals surface area contributed by atoms with Crippen molar-refractivity contribution >= 4 is 35.1 Å². The third-order valence-electron chi connectivity index (χ3n) is 6.68. The topological polar surface area (TPSA) is 147 Å². The molecule has 1 aromatic carbocycles. The van der Waals surface area contributed by atoms with Gasteiger partial charge >= 0.3 is 11.9 Å². The number of carboxylic acid groups (broad SMARTS) is 1. The Bertz CT molecular complexity index is 1370. The van der Waals surface area contributed by atoms with E-state index in [0.29, 0.717) is 53.3 Å². The predicted molar refractivity (Wildman–Crippen MR) is 138 cm³/mol. The summed E-state index contributed by atoms with van der Waals surface area (Å²) in [5.74, 6) is -1.94. The molecule has 196 valence electrons. The van der Waals surface area contributed by atoms with Gasteiger partial charge in [0.1, 0.15) is 6.10 Å². The van der Waals surface area contributed by atoms with Gasteiger partial charge in [0.15, 0.2) is 0 Å². The number of halogens is 1. The van der Waals surface area contributed by atoms with Gasteiger partial charge in [-0.05, 0) is 69.0 Å². The number of ether oxygens (including phenoxy) is 1. The van der Waals surface area contributed by atoms with Crippen LogP contribution in [0.3, 0.4) is 0 Å². The number of carbonyl (C=O) groups excluding carboxylic acids is 2. The number of nitrogens with zero attached hydrogens (tertiary/aromatic N) is 4. The van der Waals surface area contributed by atoms with Crippen LogP contribution in [0.1, 0.15) is 60.3 Å². The Labute approximate surface area is 224 Å². The first-order chi connectivity index (χ1) is 18.2. The van der Waals surface area contributed by atoms with Crippen LogP contribution in [-0.4, -0.2) is 43.8 Å². The molecule has 0 unspecified atom stereocenters. The summed E-state index contributed by atoms with van der Waals surface area (Å²) in [6.45, 7) is 1.80. The molecule has 0 spiro atoms. The van der Waals surface area contributed by atoms with E-state index in [9.17, 15) is 19.6 Å². The SMILES string of the molecule is Cc1c(C(=O)Nc2ccc([C@]3(C#N)CC[C@@H](OC(=O)CCC(=O)O)CC3)nc2)cnn1-c1ccc(Cl)cc1. The monoisotopic (exact) mass is 535 g/mol. The number of hydrogen-bond acceptors (Lipinski definition) is 7. The fourth-order valence-electron chi connectivity index (χ4n) is 4.51. The fourth-order valence-corrected chi connectivity index (χ4v) is 4.63. The van der Waals surface area contributed by atoms with Gasteiger partial charge in [-0.25, -0.2) is 4.68 Å². The first kappa shape index (κ1) is 26.8. The molecule has 0 atom stereocenters. The van der Waals surface area contributed by atoms with Gasteiger partial charge in [-0.1, -0.05) is 11.6 Å². The summed E-state index contributed by atoms with van der Waals surface area (Å²) < 4.78 is 7.03. The minimum atomic E-state index is -1.05. The number of pyridine rings is 1. The molecule has 1 aliphatic carbocycles. The Kier molecular flexibility index (Phi) is 8.08. The zero-order valence-corrected chi connectivity index (χ0v) is 21.4. The Balaban J connectivity index is 1.38. The standard InChI is InChI=1S/C27H26ClN5O5/c1-17-22(15-31-33(17)20-5-2-18(28)3-6-20)26(37)32-19-4-7-23(30-14-19)27(16-29)12-10-21(11-13-27)38-25(36)9-8-24(34)35/h2-7,14-15,21H,8-13H2,1H3,(H,32,37)(H,34,35)/t21-,27-. The number of aliphatic carboxylic acids is 1. The van der Waals surface area contributed by atoms with Crippen LogP contribution in [0.2, 0.25) is 5.02 Å².